The maximum Gasteiger partial charge on any atom is 0.0548 e. The first kappa shape index (κ1) is 28.0. The lowest BCUT2D eigenvalue weighted by Gasteiger charge is -2.11. The van der Waals surface area contributed by atoms with Gasteiger partial charge in [-0.15, -0.1) is 0 Å². The van der Waals surface area contributed by atoms with Crippen LogP contribution in [0.4, 0.5) is 0 Å². The van der Waals surface area contributed by atoms with E-state index in [0.717, 1.165) is 11.4 Å². The molecule has 0 fully saturated rings. The molecule has 0 unspecified atom stereocenters. The lowest BCUT2D eigenvalue weighted by atomic mass is 10.0. The molecule has 11 rings (SSSR count). The highest BCUT2D eigenvalue weighted by Gasteiger charge is 2.20. The van der Waals surface area contributed by atoms with Crippen LogP contribution in [0.15, 0.2) is 188 Å². The van der Waals surface area contributed by atoms with Crippen molar-refractivity contribution in [3.63, 3.8) is 0 Å². The van der Waals surface area contributed by atoms with Crippen molar-refractivity contribution in [3.8, 4) is 28.2 Å². The zero-order valence-electron chi connectivity index (χ0n) is 27.7. The summed E-state index contributed by atoms with van der Waals surface area (Å²) in [6.45, 7) is 0. The van der Waals surface area contributed by atoms with Crippen molar-refractivity contribution in [2.24, 2.45) is 0 Å². The maximum atomic E-state index is 2.42. The van der Waals surface area contributed by atoms with Gasteiger partial charge in [0.15, 0.2) is 0 Å². The summed E-state index contributed by atoms with van der Waals surface area (Å²) in [6.07, 6.45) is 0. The van der Waals surface area contributed by atoms with Gasteiger partial charge in [0.2, 0.25) is 0 Å². The Morgan fingerprint density at radius 2 is 0.529 bits per heavy atom. The number of benzene rings is 8. The third-order valence-corrected chi connectivity index (χ3v) is 10.7. The first-order valence-electron chi connectivity index (χ1n) is 17.5. The number of hydrogen-bond donors (Lipinski definition) is 0. The highest BCUT2D eigenvalue weighted by Crippen LogP contribution is 2.42. The topological polar surface area (TPSA) is 14.8 Å². The Hall–Kier alpha value is -6.84. The van der Waals surface area contributed by atoms with Gasteiger partial charge < -0.3 is 13.7 Å². The van der Waals surface area contributed by atoms with Gasteiger partial charge in [0.1, 0.15) is 0 Å². The second-order valence-corrected chi connectivity index (χ2v) is 13.4. The molecule has 0 bridgehead atoms. The monoisotopic (exact) mass is 649 g/mol. The average Bonchev–Trinajstić information content (AvgIpc) is 3.84. The van der Waals surface area contributed by atoms with E-state index < -0.39 is 0 Å². The van der Waals surface area contributed by atoms with Gasteiger partial charge in [-0.2, -0.15) is 0 Å². The molecule has 238 valence electrons. The van der Waals surface area contributed by atoms with Crippen LogP contribution in [0.3, 0.4) is 0 Å². The molecule has 0 atom stereocenters. The zero-order chi connectivity index (χ0) is 33.5. The van der Waals surface area contributed by atoms with Crippen LogP contribution in [-0.2, 0) is 0 Å². The smallest absolute Gasteiger partial charge is 0.0548 e. The fourth-order valence-electron chi connectivity index (χ4n) is 8.46. The van der Waals surface area contributed by atoms with E-state index in [1.165, 1.54) is 82.2 Å². The standard InChI is InChI=1S/C48H31N3/c1-2-12-34(13-3-1)50-43-20-10-6-16-39(43)47-45(50)30-31-46-48(47)40-17-7-11-21-44(40)51(46)36-28-24-33(25-29-36)32-22-26-35(27-23-32)49-41-18-8-4-14-37(41)38-15-5-9-19-42(38)49/h1-31H. The molecule has 3 nitrogen and oxygen atoms in total. The molecule has 0 amide bonds. The first-order valence-corrected chi connectivity index (χ1v) is 17.5. The highest BCUT2D eigenvalue weighted by atomic mass is 15.0. The molecule has 0 aliphatic heterocycles. The molecule has 3 heteroatoms. The molecule has 0 spiro atoms. The van der Waals surface area contributed by atoms with Crippen molar-refractivity contribution in [2.45, 2.75) is 0 Å². The van der Waals surface area contributed by atoms with Crippen molar-refractivity contribution >= 4 is 65.4 Å². The summed E-state index contributed by atoms with van der Waals surface area (Å²) in [4.78, 5) is 0. The second-order valence-electron chi connectivity index (χ2n) is 13.4. The Morgan fingerprint density at radius 3 is 0.961 bits per heavy atom. The van der Waals surface area contributed by atoms with E-state index >= 15 is 0 Å². The molecule has 3 heterocycles. The molecule has 51 heavy (non-hydrogen) atoms. The summed E-state index contributed by atoms with van der Waals surface area (Å²) in [6, 6.07) is 68.3. The van der Waals surface area contributed by atoms with E-state index in [0.29, 0.717) is 0 Å². The minimum atomic E-state index is 1.15. The van der Waals surface area contributed by atoms with Crippen LogP contribution in [0.5, 0.6) is 0 Å². The van der Waals surface area contributed by atoms with E-state index in [4.69, 9.17) is 0 Å². The predicted octanol–water partition coefficient (Wildman–Crippen LogP) is 12.6. The van der Waals surface area contributed by atoms with Crippen LogP contribution in [0.1, 0.15) is 0 Å². The molecule has 0 aliphatic carbocycles. The Balaban J connectivity index is 1.04. The summed E-state index contributed by atoms with van der Waals surface area (Å²) >= 11 is 0. The van der Waals surface area contributed by atoms with E-state index in [1.807, 2.05) is 0 Å². The van der Waals surface area contributed by atoms with E-state index in [9.17, 15) is 0 Å². The average molecular weight is 650 g/mol. The molecule has 0 N–H and O–H groups in total. The predicted molar refractivity (Wildman–Crippen MR) is 215 cm³/mol. The molecular weight excluding hydrogens is 619 g/mol. The lowest BCUT2D eigenvalue weighted by molar-refractivity contribution is 1.17. The second kappa shape index (κ2) is 10.8. The van der Waals surface area contributed by atoms with E-state index in [2.05, 4.69) is 202 Å². The van der Waals surface area contributed by atoms with Gasteiger partial charge in [0, 0.05) is 49.4 Å². The van der Waals surface area contributed by atoms with Gasteiger partial charge in [-0.1, -0.05) is 115 Å². The summed E-state index contributed by atoms with van der Waals surface area (Å²) in [5, 5.41) is 7.67. The molecule has 0 aliphatic rings. The lowest BCUT2D eigenvalue weighted by Crippen LogP contribution is -1.95. The molecule has 0 saturated carbocycles. The largest absolute Gasteiger partial charge is 0.309 e. The Morgan fingerprint density at radius 1 is 0.216 bits per heavy atom. The minimum Gasteiger partial charge on any atom is -0.309 e. The van der Waals surface area contributed by atoms with Gasteiger partial charge in [-0.3, -0.25) is 0 Å². The zero-order valence-corrected chi connectivity index (χ0v) is 27.7. The van der Waals surface area contributed by atoms with Crippen LogP contribution in [-0.4, -0.2) is 13.7 Å². The summed E-state index contributed by atoms with van der Waals surface area (Å²) in [5.74, 6) is 0. The fraction of sp³-hybridized carbons (Fsp3) is 0. The summed E-state index contributed by atoms with van der Waals surface area (Å²) < 4.78 is 7.19. The fourth-order valence-corrected chi connectivity index (χ4v) is 8.46. The number of hydrogen-bond acceptors (Lipinski definition) is 0. The summed E-state index contributed by atoms with van der Waals surface area (Å²) in [7, 11) is 0. The molecular formula is C48H31N3. The number of aromatic nitrogens is 3. The van der Waals surface area contributed by atoms with Crippen LogP contribution >= 0.6 is 0 Å². The van der Waals surface area contributed by atoms with E-state index in [1.54, 1.807) is 0 Å². The van der Waals surface area contributed by atoms with Gasteiger partial charge in [0.25, 0.3) is 0 Å². The minimum absolute atomic E-state index is 1.15. The summed E-state index contributed by atoms with van der Waals surface area (Å²) in [5.41, 5.74) is 13.2. The van der Waals surface area contributed by atoms with Crippen molar-refractivity contribution in [1.29, 1.82) is 0 Å². The normalized spacial score (nSPS) is 11.9. The van der Waals surface area contributed by atoms with Crippen molar-refractivity contribution in [3.05, 3.63) is 188 Å². The Labute approximate surface area is 294 Å². The van der Waals surface area contributed by atoms with Crippen LogP contribution in [0, 0.1) is 0 Å². The van der Waals surface area contributed by atoms with Gasteiger partial charge in [-0.25, -0.2) is 0 Å². The van der Waals surface area contributed by atoms with Crippen molar-refractivity contribution in [2.75, 3.05) is 0 Å². The van der Waals surface area contributed by atoms with E-state index in [-0.39, 0.29) is 0 Å². The van der Waals surface area contributed by atoms with Gasteiger partial charge in [-0.05, 0) is 83.9 Å². The SMILES string of the molecule is c1ccc(-n2c3ccccc3c3c4c5ccccc5n(-c5ccc(-c6ccc(-n7c8ccccc8c8ccccc87)cc6)cc5)c4ccc32)cc1. The molecule has 0 radical (unpaired) electrons. The van der Waals surface area contributed by atoms with Crippen LogP contribution < -0.4 is 0 Å². The quantitative estimate of drug-likeness (QED) is 0.180. The number of para-hydroxylation sites is 5. The van der Waals surface area contributed by atoms with Crippen LogP contribution in [0.2, 0.25) is 0 Å². The maximum absolute atomic E-state index is 2.42. The number of nitrogens with zero attached hydrogens (tertiary/aromatic N) is 3. The Bertz CT molecular complexity index is 3050. The molecule has 8 aromatic carbocycles. The molecule has 0 saturated heterocycles. The van der Waals surface area contributed by atoms with Gasteiger partial charge in [0.05, 0.1) is 33.1 Å². The van der Waals surface area contributed by atoms with Crippen LogP contribution in [0.25, 0.3) is 93.6 Å². The third-order valence-electron chi connectivity index (χ3n) is 10.7. The van der Waals surface area contributed by atoms with Crippen molar-refractivity contribution < 1.29 is 0 Å². The van der Waals surface area contributed by atoms with Crippen molar-refractivity contribution in [1.82, 2.24) is 13.7 Å². The number of fused-ring (bicyclic) bond motifs is 10. The Kier molecular flexibility index (Phi) is 5.96. The van der Waals surface area contributed by atoms with Gasteiger partial charge >= 0.3 is 0 Å². The number of rotatable bonds is 4. The highest BCUT2D eigenvalue weighted by molar-refractivity contribution is 6.28. The third kappa shape index (κ3) is 4.06. The molecule has 11 aromatic rings. The first-order chi connectivity index (χ1) is 25.3. The molecule has 3 aromatic heterocycles.